The lowest BCUT2D eigenvalue weighted by atomic mass is 10.0. The molecule has 0 saturated carbocycles. The fraction of sp³-hybridized carbons (Fsp3) is 0.261. The van der Waals surface area contributed by atoms with Gasteiger partial charge in [-0.2, -0.15) is 0 Å². The van der Waals surface area contributed by atoms with Crippen molar-refractivity contribution in [2.75, 3.05) is 23.7 Å². The summed E-state index contributed by atoms with van der Waals surface area (Å²) in [7, 11) is 0. The van der Waals surface area contributed by atoms with Crippen LogP contribution in [0.5, 0.6) is 0 Å². The van der Waals surface area contributed by atoms with Gasteiger partial charge in [-0.05, 0) is 54.4 Å². The molecule has 0 atom stereocenters. The van der Waals surface area contributed by atoms with Crippen LogP contribution in [0.15, 0.2) is 48.8 Å². The van der Waals surface area contributed by atoms with E-state index in [9.17, 15) is 9.59 Å². The second kappa shape index (κ2) is 12.9. The van der Waals surface area contributed by atoms with Gasteiger partial charge in [0.2, 0.25) is 0 Å². The Morgan fingerprint density at radius 3 is 2.59 bits per heavy atom. The molecule has 0 bridgehead atoms. The van der Waals surface area contributed by atoms with Crippen molar-refractivity contribution in [1.82, 2.24) is 15.2 Å². The molecule has 7 nitrogen and oxygen atoms in total. The summed E-state index contributed by atoms with van der Waals surface area (Å²) in [4.78, 5) is 33.4. The summed E-state index contributed by atoms with van der Waals surface area (Å²) < 4.78 is 0. The average Bonchev–Trinajstić information content (AvgIpc) is 3.16. The highest BCUT2D eigenvalue weighted by atomic mass is 35.5. The minimum atomic E-state index is -0.403. The average molecular weight is 543 g/mol. The molecule has 1 aliphatic heterocycles. The van der Waals surface area contributed by atoms with Gasteiger partial charge in [-0.25, -0.2) is 4.79 Å². The first kappa shape index (κ1) is 27.9. The minimum absolute atomic E-state index is 0. The number of amides is 3. The summed E-state index contributed by atoms with van der Waals surface area (Å²) in [6, 6.07) is 10.2. The van der Waals surface area contributed by atoms with Gasteiger partial charge in [-0.3, -0.25) is 20.0 Å². The predicted molar refractivity (Wildman–Crippen MR) is 143 cm³/mol. The van der Waals surface area contributed by atoms with E-state index < -0.39 is 6.03 Å². The van der Waals surface area contributed by atoms with Crippen LogP contribution >= 0.6 is 47.8 Å². The number of anilines is 2. The van der Waals surface area contributed by atoms with Gasteiger partial charge in [0.25, 0.3) is 5.91 Å². The Hall–Kier alpha value is -2.36. The molecule has 1 aliphatic rings. The maximum atomic E-state index is 13.2. The van der Waals surface area contributed by atoms with Crippen molar-refractivity contribution in [3.8, 4) is 0 Å². The van der Waals surface area contributed by atoms with Crippen LogP contribution in [0.3, 0.4) is 0 Å². The second-order valence-electron chi connectivity index (χ2n) is 7.46. The third kappa shape index (κ3) is 6.84. The molecular weight excluding hydrogens is 517 g/mol. The zero-order chi connectivity index (χ0) is 22.5. The highest BCUT2D eigenvalue weighted by Crippen LogP contribution is 2.37. The molecular formula is C23H26Cl3N5O2S. The normalized spacial score (nSPS) is 12.5. The van der Waals surface area contributed by atoms with Crippen molar-refractivity contribution in [3.63, 3.8) is 0 Å². The quantitative estimate of drug-likeness (QED) is 0.379. The third-order valence-corrected chi connectivity index (χ3v) is 6.70. The number of likely N-dealkylation sites (N-methyl/N-ethyl adjacent to an activating group) is 1. The molecule has 0 aliphatic carbocycles. The van der Waals surface area contributed by atoms with Gasteiger partial charge in [0, 0.05) is 47.6 Å². The number of aromatic nitrogens is 1. The van der Waals surface area contributed by atoms with Crippen LogP contribution in [-0.4, -0.2) is 34.9 Å². The highest BCUT2D eigenvalue weighted by Gasteiger charge is 2.28. The van der Waals surface area contributed by atoms with Crippen LogP contribution in [0.2, 0.25) is 5.02 Å². The van der Waals surface area contributed by atoms with Gasteiger partial charge in [0.1, 0.15) is 5.00 Å². The summed E-state index contributed by atoms with van der Waals surface area (Å²) in [5.41, 5.74) is 3.10. The summed E-state index contributed by atoms with van der Waals surface area (Å²) in [6.07, 6.45) is 4.19. The third-order valence-electron chi connectivity index (χ3n) is 5.32. The molecule has 4 rings (SSSR count). The maximum Gasteiger partial charge on any atom is 0.324 e. The number of nitrogens with zero attached hydrogens (tertiary/aromatic N) is 2. The Labute approximate surface area is 220 Å². The van der Waals surface area contributed by atoms with E-state index in [0.29, 0.717) is 27.8 Å². The SMILES string of the molecule is CCN1CCc2c(sc(NC(=O)Nc3ccc(Cl)cc3)c2C(=O)NCc2cccnc2)C1.Cl.Cl. The van der Waals surface area contributed by atoms with Crippen molar-refractivity contribution in [1.29, 1.82) is 0 Å². The number of fused-ring (bicyclic) bond motifs is 1. The molecule has 2 aromatic heterocycles. The molecule has 0 saturated heterocycles. The molecule has 3 heterocycles. The molecule has 3 amide bonds. The number of nitrogens with one attached hydrogen (secondary N) is 3. The van der Waals surface area contributed by atoms with E-state index in [1.165, 1.54) is 11.3 Å². The molecule has 1 aromatic carbocycles. The van der Waals surface area contributed by atoms with Gasteiger partial charge in [-0.1, -0.05) is 24.6 Å². The van der Waals surface area contributed by atoms with E-state index in [2.05, 4.69) is 32.8 Å². The van der Waals surface area contributed by atoms with Gasteiger partial charge in [0.05, 0.1) is 5.56 Å². The van der Waals surface area contributed by atoms with Crippen LogP contribution < -0.4 is 16.0 Å². The molecule has 11 heteroatoms. The predicted octanol–water partition coefficient (Wildman–Crippen LogP) is 5.59. The van der Waals surface area contributed by atoms with Gasteiger partial charge >= 0.3 is 6.03 Å². The van der Waals surface area contributed by atoms with Gasteiger partial charge in [0.15, 0.2) is 0 Å². The van der Waals surface area contributed by atoms with Gasteiger partial charge in [-0.15, -0.1) is 36.2 Å². The molecule has 0 unspecified atom stereocenters. The largest absolute Gasteiger partial charge is 0.348 e. The number of rotatable bonds is 6. The smallest absolute Gasteiger partial charge is 0.324 e. The number of carbonyl (C=O) groups excluding carboxylic acids is 2. The summed E-state index contributed by atoms with van der Waals surface area (Å²) in [5, 5.41) is 9.80. The first-order chi connectivity index (χ1) is 15.5. The Kier molecular flexibility index (Phi) is 10.6. The van der Waals surface area contributed by atoms with Crippen molar-refractivity contribution in [2.45, 2.75) is 26.4 Å². The zero-order valence-corrected chi connectivity index (χ0v) is 21.7. The Morgan fingerprint density at radius 1 is 1.15 bits per heavy atom. The summed E-state index contributed by atoms with van der Waals surface area (Å²) >= 11 is 7.37. The number of urea groups is 1. The van der Waals surface area contributed by atoms with Crippen LogP contribution in [-0.2, 0) is 19.5 Å². The molecule has 3 N–H and O–H groups in total. The first-order valence-corrected chi connectivity index (χ1v) is 11.6. The number of halogens is 3. The molecule has 0 fully saturated rings. The van der Waals surface area contributed by atoms with Crippen LogP contribution in [0.1, 0.15) is 33.3 Å². The number of benzene rings is 1. The Balaban J connectivity index is 0.00000204. The van der Waals surface area contributed by atoms with Crippen molar-refractivity contribution in [3.05, 3.63) is 75.4 Å². The summed E-state index contributed by atoms with van der Waals surface area (Å²) in [6.45, 7) is 5.10. The number of hydrogen-bond donors (Lipinski definition) is 3. The van der Waals surface area contributed by atoms with Gasteiger partial charge < -0.3 is 10.6 Å². The fourth-order valence-corrected chi connectivity index (χ4v) is 5.04. The summed E-state index contributed by atoms with van der Waals surface area (Å²) in [5.74, 6) is -0.196. The Morgan fingerprint density at radius 2 is 1.91 bits per heavy atom. The number of pyridine rings is 1. The maximum absolute atomic E-state index is 13.2. The lowest BCUT2D eigenvalue weighted by molar-refractivity contribution is 0.0950. The molecule has 0 spiro atoms. The second-order valence-corrected chi connectivity index (χ2v) is 9.00. The fourth-order valence-electron chi connectivity index (χ4n) is 3.63. The van der Waals surface area contributed by atoms with E-state index in [1.807, 2.05) is 12.1 Å². The topological polar surface area (TPSA) is 86.4 Å². The van der Waals surface area contributed by atoms with E-state index in [4.69, 9.17) is 11.6 Å². The van der Waals surface area contributed by atoms with Crippen molar-refractivity contribution < 1.29 is 9.59 Å². The molecule has 182 valence electrons. The van der Waals surface area contributed by atoms with Crippen LogP contribution in [0.25, 0.3) is 0 Å². The standard InChI is InChI=1S/C23H24ClN5O2S.2ClH/c1-2-29-11-9-18-19(14-29)32-22(28-23(31)27-17-7-5-16(24)6-8-17)20(18)21(30)26-13-15-4-3-10-25-12-15;;/h3-8,10,12H,2,9,11,13-14H2,1H3,(H,26,30)(H2,27,28,31);2*1H. The van der Waals surface area contributed by atoms with Crippen LogP contribution in [0.4, 0.5) is 15.5 Å². The zero-order valence-electron chi connectivity index (χ0n) is 18.5. The minimum Gasteiger partial charge on any atom is -0.348 e. The van der Waals surface area contributed by atoms with E-state index >= 15 is 0 Å². The molecule has 3 aromatic rings. The number of hydrogen-bond acceptors (Lipinski definition) is 5. The van der Waals surface area contributed by atoms with Crippen molar-refractivity contribution in [2.24, 2.45) is 0 Å². The van der Waals surface area contributed by atoms with E-state index in [0.717, 1.165) is 42.1 Å². The lowest BCUT2D eigenvalue weighted by Crippen LogP contribution is -2.31. The molecule has 0 radical (unpaired) electrons. The van der Waals surface area contributed by atoms with Crippen molar-refractivity contribution >= 4 is 70.4 Å². The number of thiophene rings is 1. The Bertz CT molecular complexity index is 1110. The van der Waals surface area contributed by atoms with Crippen LogP contribution in [0, 0.1) is 0 Å². The lowest BCUT2D eigenvalue weighted by Gasteiger charge is -2.25. The first-order valence-electron chi connectivity index (χ1n) is 10.4. The van der Waals surface area contributed by atoms with E-state index in [-0.39, 0.29) is 30.7 Å². The van der Waals surface area contributed by atoms with E-state index in [1.54, 1.807) is 36.7 Å². The highest BCUT2D eigenvalue weighted by molar-refractivity contribution is 7.17. The molecule has 34 heavy (non-hydrogen) atoms. The monoisotopic (exact) mass is 541 g/mol. The number of carbonyl (C=O) groups is 2.